The van der Waals surface area contributed by atoms with E-state index >= 15 is 0 Å². The van der Waals surface area contributed by atoms with E-state index in [-0.39, 0.29) is 11.6 Å². The zero-order chi connectivity index (χ0) is 14.5. The van der Waals surface area contributed by atoms with Gasteiger partial charge in [0.15, 0.2) is 0 Å². The van der Waals surface area contributed by atoms with Crippen LogP contribution < -0.4 is 5.32 Å². The lowest BCUT2D eigenvalue weighted by Gasteiger charge is -2.20. The highest BCUT2D eigenvalue weighted by Gasteiger charge is 2.22. The Morgan fingerprint density at radius 1 is 1.35 bits per heavy atom. The van der Waals surface area contributed by atoms with Crippen LogP contribution in [-0.2, 0) is 6.42 Å². The maximum atomic E-state index is 14.3. The molecule has 5 heteroatoms. The molecule has 1 unspecified atom stereocenters. The molecule has 108 valence electrons. The lowest BCUT2D eigenvalue weighted by Crippen LogP contribution is -2.26. The molecule has 1 N–H and O–H groups in total. The van der Waals surface area contributed by atoms with E-state index in [1.54, 1.807) is 18.6 Å². The van der Waals surface area contributed by atoms with Gasteiger partial charge in [-0.05, 0) is 31.5 Å². The molecule has 2 nitrogen and oxygen atoms in total. The largest absolute Gasteiger partial charge is 0.309 e. The van der Waals surface area contributed by atoms with Crippen LogP contribution in [0.3, 0.4) is 0 Å². The summed E-state index contributed by atoms with van der Waals surface area (Å²) in [6, 6.07) is 2.44. The molecule has 0 aliphatic heterocycles. The molecule has 0 radical (unpaired) electrons. The molecule has 1 aromatic heterocycles. The normalized spacial score (nSPS) is 12.6. The molecular formula is C15H18F2N2S. The standard InChI is InChI=1S/C15H18F2N2S/c1-3-6-19-13(7-11-8-18-9-20-11)14-12(16)5-4-10(2)15(14)17/h4-5,8-9,13,19H,3,6-7H2,1-2H3. The first kappa shape index (κ1) is 15.1. The molecule has 1 aromatic carbocycles. The Morgan fingerprint density at radius 3 is 2.80 bits per heavy atom. The molecule has 0 spiro atoms. The Morgan fingerprint density at radius 2 is 2.15 bits per heavy atom. The van der Waals surface area contributed by atoms with Gasteiger partial charge in [-0.15, -0.1) is 11.3 Å². The minimum atomic E-state index is -0.494. The third kappa shape index (κ3) is 3.41. The second kappa shape index (κ2) is 6.90. The smallest absolute Gasteiger partial charge is 0.133 e. The van der Waals surface area contributed by atoms with Gasteiger partial charge >= 0.3 is 0 Å². The fourth-order valence-corrected chi connectivity index (χ4v) is 2.78. The number of thiazole rings is 1. The van der Waals surface area contributed by atoms with Gasteiger partial charge in [0.25, 0.3) is 0 Å². The number of nitrogens with zero attached hydrogens (tertiary/aromatic N) is 1. The number of halogens is 2. The topological polar surface area (TPSA) is 24.9 Å². The van der Waals surface area contributed by atoms with Crippen molar-refractivity contribution in [3.05, 3.63) is 51.5 Å². The maximum absolute atomic E-state index is 14.3. The second-order valence-corrected chi connectivity index (χ2v) is 5.74. The van der Waals surface area contributed by atoms with Crippen molar-refractivity contribution in [2.75, 3.05) is 6.54 Å². The van der Waals surface area contributed by atoms with Crippen LogP contribution in [0.15, 0.2) is 23.8 Å². The first-order chi connectivity index (χ1) is 9.63. The van der Waals surface area contributed by atoms with Gasteiger partial charge in [0.1, 0.15) is 11.6 Å². The zero-order valence-electron chi connectivity index (χ0n) is 11.6. The van der Waals surface area contributed by atoms with Crippen LogP contribution in [-0.4, -0.2) is 11.5 Å². The number of hydrogen-bond acceptors (Lipinski definition) is 3. The predicted molar refractivity (Wildman–Crippen MR) is 77.9 cm³/mol. The summed E-state index contributed by atoms with van der Waals surface area (Å²) in [6.07, 6.45) is 3.20. The van der Waals surface area contributed by atoms with Gasteiger partial charge in [0.05, 0.1) is 5.51 Å². The summed E-state index contributed by atoms with van der Waals surface area (Å²) >= 11 is 1.50. The van der Waals surface area contributed by atoms with Crippen LogP contribution >= 0.6 is 11.3 Å². The van der Waals surface area contributed by atoms with E-state index in [4.69, 9.17) is 0 Å². The van der Waals surface area contributed by atoms with Crippen molar-refractivity contribution in [2.24, 2.45) is 0 Å². The first-order valence-corrected chi connectivity index (χ1v) is 7.56. The monoisotopic (exact) mass is 296 g/mol. The molecular weight excluding hydrogens is 278 g/mol. The maximum Gasteiger partial charge on any atom is 0.133 e. The van der Waals surface area contributed by atoms with Crippen LogP contribution in [0.2, 0.25) is 0 Å². The molecule has 0 bridgehead atoms. The fraction of sp³-hybridized carbons (Fsp3) is 0.400. The zero-order valence-corrected chi connectivity index (χ0v) is 12.4. The molecule has 20 heavy (non-hydrogen) atoms. The van der Waals surface area contributed by atoms with Gasteiger partial charge in [0.2, 0.25) is 0 Å². The Kier molecular flexibility index (Phi) is 5.20. The molecule has 0 aliphatic rings. The quantitative estimate of drug-likeness (QED) is 0.871. The Labute approximate surface area is 121 Å². The van der Waals surface area contributed by atoms with Crippen molar-refractivity contribution < 1.29 is 8.78 Å². The van der Waals surface area contributed by atoms with E-state index in [0.717, 1.165) is 17.8 Å². The van der Waals surface area contributed by atoms with Crippen LogP contribution in [0, 0.1) is 18.6 Å². The van der Waals surface area contributed by atoms with Crippen molar-refractivity contribution in [3.63, 3.8) is 0 Å². The predicted octanol–water partition coefficient (Wildman–Crippen LogP) is 4.01. The van der Waals surface area contributed by atoms with Gasteiger partial charge in [-0.3, -0.25) is 4.98 Å². The number of benzene rings is 1. The molecule has 0 fully saturated rings. The third-order valence-corrected chi connectivity index (χ3v) is 4.00. The fourth-order valence-electron chi connectivity index (χ4n) is 2.14. The van der Waals surface area contributed by atoms with Gasteiger partial charge in [0, 0.05) is 29.1 Å². The van der Waals surface area contributed by atoms with E-state index in [9.17, 15) is 8.78 Å². The average Bonchev–Trinajstić information content (AvgIpc) is 2.93. The Hall–Kier alpha value is -1.33. The van der Waals surface area contributed by atoms with E-state index in [0.29, 0.717) is 12.0 Å². The lowest BCUT2D eigenvalue weighted by atomic mass is 9.99. The van der Waals surface area contributed by atoms with Crippen molar-refractivity contribution >= 4 is 11.3 Å². The number of rotatable bonds is 6. The molecule has 0 aliphatic carbocycles. The van der Waals surface area contributed by atoms with Crippen molar-refractivity contribution in [3.8, 4) is 0 Å². The van der Waals surface area contributed by atoms with Gasteiger partial charge in [-0.25, -0.2) is 8.78 Å². The number of aryl methyl sites for hydroxylation is 1. The Bertz CT molecular complexity index is 555. The van der Waals surface area contributed by atoms with E-state index in [1.165, 1.54) is 23.5 Å². The summed E-state index contributed by atoms with van der Waals surface area (Å²) in [4.78, 5) is 5.03. The van der Waals surface area contributed by atoms with Crippen LogP contribution in [0.1, 0.15) is 35.4 Å². The molecule has 0 saturated heterocycles. The average molecular weight is 296 g/mol. The van der Waals surface area contributed by atoms with E-state index in [2.05, 4.69) is 10.3 Å². The van der Waals surface area contributed by atoms with E-state index < -0.39 is 11.6 Å². The summed E-state index contributed by atoms with van der Waals surface area (Å²) in [5, 5.41) is 3.23. The van der Waals surface area contributed by atoms with Gasteiger partial charge in [-0.1, -0.05) is 13.0 Å². The van der Waals surface area contributed by atoms with Crippen LogP contribution in [0.4, 0.5) is 8.78 Å². The SMILES string of the molecule is CCCNC(Cc1cncs1)c1c(F)ccc(C)c1F. The van der Waals surface area contributed by atoms with Crippen molar-refractivity contribution in [1.82, 2.24) is 10.3 Å². The summed E-state index contributed by atoms with van der Waals surface area (Å²) in [6.45, 7) is 4.40. The van der Waals surface area contributed by atoms with Crippen LogP contribution in [0.5, 0.6) is 0 Å². The first-order valence-electron chi connectivity index (χ1n) is 6.68. The molecule has 0 amide bonds. The molecule has 2 rings (SSSR count). The molecule has 1 atom stereocenters. The summed E-state index contributed by atoms with van der Waals surface area (Å²) in [5.74, 6) is -0.950. The minimum absolute atomic E-state index is 0.131. The molecule has 0 saturated carbocycles. The highest BCUT2D eigenvalue weighted by Crippen LogP contribution is 2.27. The van der Waals surface area contributed by atoms with Crippen molar-refractivity contribution in [2.45, 2.75) is 32.7 Å². The number of aromatic nitrogens is 1. The van der Waals surface area contributed by atoms with Gasteiger partial charge in [-0.2, -0.15) is 0 Å². The lowest BCUT2D eigenvalue weighted by molar-refractivity contribution is 0.463. The summed E-state index contributed by atoms with van der Waals surface area (Å²) in [7, 11) is 0. The third-order valence-electron chi connectivity index (χ3n) is 3.20. The molecule has 1 heterocycles. The number of nitrogens with one attached hydrogen (secondary N) is 1. The van der Waals surface area contributed by atoms with Gasteiger partial charge < -0.3 is 5.32 Å². The Balaban J connectivity index is 2.33. The minimum Gasteiger partial charge on any atom is -0.309 e. The van der Waals surface area contributed by atoms with E-state index in [1.807, 2.05) is 6.92 Å². The highest BCUT2D eigenvalue weighted by molar-refractivity contribution is 7.09. The second-order valence-electron chi connectivity index (χ2n) is 4.77. The summed E-state index contributed by atoms with van der Waals surface area (Å²) < 4.78 is 28.3. The number of hydrogen-bond donors (Lipinski definition) is 1. The summed E-state index contributed by atoms with van der Waals surface area (Å²) in [5.41, 5.74) is 2.33. The van der Waals surface area contributed by atoms with Crippen LogP contribution in [0.25, 0.3) is 0 Å². The molecule has 2 aromatic rings. The highest BCUT2D eigenvalue weighted by atomic mass is 32.1. The van der Waals surface area contributed by atoms with Crippen molar-refractivity contribution in [1.29, 1.82) is 0 Å².